The summed E-state index contributed by atoms with van der Waals surface area (Å²) in [7, 11) is -3.47. The molecule has 1 amide bonds. The van der Waals surface area contributed by atoms with Crippen molar-refractivity contribution in [1.29, 1.82) is 0 Å². The smallest absolute Gasteiger partial charge is 0.337 e. The van der Waals surface area contributed by atoms with Crippen molar-refractivity contribution in [2.75, 3.05) is 43.1 Å². The van der Waals surface area contributed by atoms with Crippen LogP contribution in [0.3, 0.4) is 0 Å². The number of thioether (sulfide) groups is 1. The van der Waals surface area contributed by atoms with Crippen LogP contribution in [0.2, 0.25) is 0 Å². The molecule has 12 heteroatoms. The van der Waals surface area contributed by atoms with E-state index in [0.717, 1.165) is 24.4 Å². The molecule has 1 aliphatic rings. The number of sulfone groups is 1. The Balaban J connectivity index is 1.74. The highest BCUT2D eigenvalue weighted by Crippen LogP contribution is 2.29. The van der Waals surface area contributed by atoms with Crippen LogP contribution in [-0.2, 0) is 16.0 Å². The first-order valence-corrected chi connectivity index (χ1v) is 12.3. The molecule has 0 radical (unpaired) electrons. The van der Waals surface area contributed by atoms with Gasteiger partial charge in [0.2, 0.25) is 5.95 Å². The lowest BCUT2D eigenvalue weighted by Crippen LogP contribution is -2.49. The molecule has 0 N–H and O–H groups in total. The van der Waals surface area contributed by atoms with Crippen molar-refractivity contribution < 1.29 is 26.4 Å². The van der Waals surface area contributed by atoms with Crippen LogP contribution < -0.4 is 4.90 Å². The van der Waals surface area contributed by atoms with Gasteiger partial charge >= 0.3 is 6.18 Å². The number of alkyl halides is 3. The average Bonchev–Trinajstić information content (AvgIpc) is 2.72. The number of piperazine rings is 1. The summed E-state index contributed by atoms with van der Waals surface area (Å²) in [6.45, 7) is 3.25. The molecule has 1 aromatic heterocycles. The number of hydrogen-bond donors (Lipinski definition) is 0. The van der Waals surface area contributed by atoms with Gasteiger partial charge in [-0.25, -0.2) is 18.4 Å². The Bertz CT molecular complexity index is 1050. The van der Waals surface area contributed by atoms with Gasteiger partial charge in [-0.2, -0.15) is 13.2 Å². The second-order valence-corrected chi connectivity index (χ2v) is 10.2. The Morgan fingerprint density at radius 2 is 1.74 bits per heavy atom. The largest absolute Gasteiger partial charge is 0.419 e. The van der Waals surface area contributed by atoms with Gasteiger partial charge < -0.3 is 9.80 Å². The number of benzene rings is 1. The SMILES string of the molecule is CCSc1ccc(S(C)(=O)=O)cc1C(=O)N1CCN(c2ncc(C(F)(F)F)cn2)CC1. The molecule has 168 valence electrons. The summed E-state index contributed by atoms with van der Waals surface area (Å²) < 4.78 is 61.9. The number of anilines is 1. The van der Waals surface area contributed by atoms with Gasteiger partial charge in [0.25, 0.3) is 5.91 Å². The van der Waals surface area contributed by atoms with Crippen molar-refractivity contribution >= 4 is 33.5 Å². The zero-order valence-corrected chi connectivity index (χ0v) is 18.5. The standard InChI is InChI=1S/C19H21F3N4O3S2/c1-3-30-16-5-4-14(31(2,28)29)10-15(16)17(27)25-6-8-26(9-7-25)18-23-11-13(12-24-18)19(20,21)22/h4-5,10-12H,3,6-9H2,1-2H3. The quantitative estimate of drug-likeness (QED) is 0.616. The molecule has 7 nitrogen and oxygen atoms in total. The van der Waals surface area contributed by atoms with Gasteiger partial charge in [0.15, 0.2) is 9.84 Å². The van der Waals surface area contributed by atoms with E-state index in [4.69, 9.17) is 0 Å². The summed E-state index contributed by atoms with van der Waals surface area (Å²) in [5.74, 6) is 0.605. The van der Waals surface area contributed by atoms with Crippen molar-refractivity contribution in [3.63, 3.8) is 0 Å². The second kappa shape index (κ2) is 9.03. The maximum Gasteiger partial charge on any atom is 0.419 e. The Labute approximate surface area is 182 Å². The summed E-state index contributed by atoms with van der Waals surface area (Å²) in [6, 6.07) is 4.54. The van der Waals surface area contributed by atoms with Crippen molar-refractivity contribution in [3.8, 4) is 0 Å². The lowest BCUT2D eigenvalue weighted by molar-refractivity contribution is -0.138. The molecule has 1 aromatic carbocycles. The molecular formula is C19H21F3N4O3S2. The summed E-state index contributed by atoms with van der Waals surface area (Å²) in [6.07, 6.45) is -1.93. The van der Waals surface area contributed by atoms with E-state index in [2.05, 4.69) is 9.97 Å². The molecule has 31 heavy (non-hydrogen) atoms. The number of carbonyl (C=O) groups excluding carboxylic acids is 1. The Kier molecular flexibility index (Phi) is 6.79. The molecular weight excluding hydrogens is 453 g/mol. The van der Waals surface area contributed by atoms with Crippen LogP contribution in [0.5, 0.6) is 0 Å². The van der Waals surface area contributed by atoms with Gasteiger partial charge in [-0.05, 0) is 24.0 Å². The second-order valence-electron chi connectivity index (χ2n) is 6.91. The van der Waals surface area contributed by atoms with Gasteiger partial charge in [0, 0.05) is 49.7 Å². The number of hydrogen-bond acceptors (Lipinski definition) is 7. The molecule has 0 atom stereocenters. The van der Waals surface area contributed by atoms with Gasteiger partial charge in [0.05, 0.1) is 16.0 Å². The van der Waals surface area contributed by atoms with Crippen LogP contribution in [0.4, 0.5) is 19.1 Å². The minimum absolute atomic E-state index is 0.0769. The van der Waals surface area contributed by atoms with Crippen molar-refractivity contribution in [1.82, 2.24) is 14.9 Å². The predicted molar refractivity (Wildman–Crippen MR) is 111 cm³/mol. The zero-order chi connectivity index (χ0) is 22.8. The zero-order valence-electron chi connectivity index (χ0n) is 16.9. The van der Waals surface area contributed by atoms with Crippen LogP contribution in [0.15, 0.2) is 40.4 Å². The summed E-state index contributed by atoms with van der Waals surface area (Å²) in [4.78, 5) is 24.8. The first-order valence-electron chi connectivity index (χ1n) is 9.41. The fraction of sp³-hybridized carbons (Fsp3) is 0.421. The molecule has 3 rings (SSSR count). The predicted octanol–water partition coefficient (Wildman–Crippen LogP) is 2.97. The van der Waals surface area contributed by atoms with Crippen molar-refractivity contribution in [2.24, 2.45) is 0 Å². The molecule has 1 aliphatic heterocycles. The van der Waals surface area contributed by atoms with E-state index in [0.29, 0.717) is 36.6 Å². The summed E-state index contributed by atoms with van der Waals surface area (Å²) >= 11 is 1.45. The van der Waals surface area contributed by atoms with Crippen LogP contribution in [0.25, 0.3) is 0 Å². The van der Waals surface area contributed by atoms with Crippen molar-refractivity contribution in [3.05, 3.63) is 41.7 Å². The van der Waals surface area contributed by atoms with E-state index in [1.165, 1.54) is 23.9 Å². The summed E-state index contributed by atoms with van der Waals surface area (Å²) in [5, 5.41) is 0. The van der Waals surface area contributed by atoms with Gasteiger partial charge in [-0.1, -0.05) is 6.92 Å². The molecule has 1 fully saturated rings. The number of carbonyl (C=O) groups is 1. The third kappa shape index (κ3) is 5.48. The lowest BCUT2D eigenvalue weighted by atomic mass is 10.1. The molecule has 0 unspecified atom stereocenters. The number of amides is 1. The van der Waals surface area contributed by atoms with E-state index in [1.807, 2.05) is 6.92 Å². The normalized spacial score (nSPS) is 15.3. The van der Waals surface area contributed by atoms with Gasteiger partial charge in [-0.15, -0.1) is 11.8 Å². The van der Waals surface area contributed by atoms with Crippen LogP contribution in [0, 0.1) is 0 Å². The minimum Gasteiger partial charge on any atom is -0.337 e. The van der Waals surface area contributed by atoms with E-state index in [1.54, 1.807) is 15.9 Å². The van der Waals surface area contributed by atoms with E-state index >= 15 is 0 Å². The third-order valence-corrected chi connectivity index (χ3v) is 6.79. The lowest BCUT2D eigenvalue weighted by Gasteiger charge is -2.35. The number of rotatable bonds is 5. The average molecular weight is 475 g/mol. The first-order chi connectivity index (χ1) is 14.5. The molecule has 2 aromatic rings. The Morgan fingerprint density at radius 1 is 1.13 bits per heavy atom. The molecule has 0 saturated carbocycles. The highest BCUT2D eigenvalue weighted by atomic mass is 32.2. The molecule has 0 aliphatic carbocycles. The minimum atomic E-state index is -4.50. The van der Waals surface area contributed by atoms with Gasteiger partial charge in [-0.3, -0.25) is 4.79 Å². The Hall–Kier alpha value is -2.34. The Morgan fingerprint density at radius 3 is 2.26 bits per heavy atom. The summed E-state index contributed by atoms with van der Waals surface area (Å²) in [5.41, 5.74) is -0.592. The molecule has 0 spiro atoms. The topological polar surface area (TPSA) is 83.5 Å². The molecule has 2 heterocycles. The monoisotopic (exact) mass is 474 g/mol. The number of aromatic nitrogens is 2. The maximum absolute atomic E-state index is 13.1. The van der Waals surface area contributed by atoms with Crippen LogP contribution in [-0.4, -0.2) is 67.4 Å². The van der Waals surface area contributed by atoms with Gasteiger partial charge in [0.1, 0.15) is 0 Å². The molecule has 0 bridgehead atoms. The fourth-order valence-corrected chi connectivity index (χ4v) is 4.52. The van der Waals surface area contributed by atoms with Crippen LogP contribution in [0.1, 0.15) is 22.8 Å². The number of nitrogens with zero attached hydrogens (tertiary/aromatic N) is 4. The fourth-order valence-electron chi connectivity index (χ4n) is 3.10. The van der Waals surface area contributed by atoms with Crippen molar-refractivity contribution in [2.45, 2.75) is 22.9 Å². The molecule has 1 saturated heterocycles. The van der Waals surface area contributed by atoms with E-state index < -0.39 is 21.6 Å². The highest BCUT2D eigenvalue weighted by Gasteiger charge is 2.32. The number of halogens is 3. The highest BCUT2D eigenvalue weighted by molar-refractivity contribution is 7.99. The third-order valence-electron chi connectivity index (χ3n) is 4.72. The first kappa shape index (κ1) is 23.3. The maximum atomic E-state index is 13.1. The van der Waals surface area contributed by atoms with E-state index in [-0.39, 0.29) is 16.8 Å². The van der Waals surface area contributed by atoms with E-state index in [9.17, 15) is 26.4 Å². The van der Waals surface area contributed by atoms with Crippen LogP contribution >= 0.6 is 11.8 Å².